The Balaban J connectivity index is 2.56. The van der Waals surface area contributed by atoms with Crippen molar-refractivity contribution in [2.75, 3.05) is 0 Å². The Morgan fingerprint density at radius 3 is 2.50 bits per heavy atom. The molecule has 1 fully saturated rings. The van der Waals surface area contributed by atoms with Crippen molar-refractivity contribution < 1.29 is 4.79 Å². The van der Waals surface area contributed by atoms with E-state index in [1.807, 2.05) is 0 Å². The SMILES string of the molecule is C[C@H]1CCC(=O)[C@@H]1I. The zero-order valence-electron chi connectivity index (χ0n) is 4.86. The van der Waals surface area contributed by atoms with E-state index in [-0.39, 0.29) is 0 Å². The molecule has 0 aromatic heterocycles. The molecule has 0 spiro atoms. The molecule has 0 saturated heterocycles. The molecule has 2 atom stereocenters. The topological polar surface area (TPSA) is 17.1 Å². The van der Waals surface area contributed by atoms with E-state index in [2.05, 4.69) is 29.5 Å². The van der Waals surface area contributed by atoms with Gasteiger partial charge in [0.2, 0.25) is 0 Å². The molecular formula is C6H9IO. The summed E-state index contributed by atoms with van der Waals surface area (Å²) in [6.45, 7) is 2.14. The highest BCUT2D eigenvalue weighted by molar-refractivity contribution is 14.1. The highest BCUT2D eigenvalue weighted by atomic mass is 127. The number of hydrogen-bond acceptors (Lipinski definition) is 1. The van der Waals surface area contributed by atoms with Crippen molar-refractivity contribution in [2.45, 2.75) is 23.7 Å². The van der Waals surface area contributed by atoms with Gasteiger partial charge in [0.1, 0.15) is 5.78 Å². The molecule has 1 saturated carbocycles. The minimum Gasteiger partial charge on any atom is -0.299 e. The van der Waals surface area contributed by atoms with Gasteiger partial charge >= 0.3 is 0 Å². The Bertz CT molecular complexity index is 111. The van der Waals surface area contributed by atoms with E-state index in [0.717, 1.165) is 12.8 Å². The third-order valence-electron chi connectivity index (χ3n) is 1.65. The maximum absolute atomic E-state index is 10.8. The summed E-state index contributed by atoms with van der Waals surface area (Å²) in [7, 11) is 0. The first-order valence-corrected chi connectivity index (χ1v) is 4.13. The van der Waals surface area contributed by atoms with Gasteiger partial charge in [-0.3, -0.25) is 4.79 Å². The number of carbonyl (C=O) groups excluding carboxylic acids is 1. The summed E-state index contributed by atoms with van der Waals surface area (Å²) < 4.78 is 0.313. The molecule has 0 N–H and O–H groups in total. The third kappa shape index (κ3) is 1.04. The summed E-state index contributed by atoms with van der Waals surface area (Å²) in [4.78, 5) is 10.8. The molecular weight excluding hydrogens is 215 g/mol. The molecule has 2 heteroatoms. The molecule has 0 aromatic carbocycles. The molecule has 0 aromatic rings. The Kier molecular flexibility index (Phi) is 1.90. The highest BCUT2D eigenvalue weighted by Gasteiger charge is 2.28. The molecule has 0 bridgehead atoms. The standard InChI is InChI=1S/C6H9IO/c1-4-2-3-5(8)6(4)7/h4,6H,2-3H2,1H3/t4-,6+/m0/s1. The molecule has 1 aliphatic rings. The van der Waals surface area contributed by atoms with Gasteiger partial charge in [0.05, 0.1) is 3.92 Å². The predicted octanol–water partition coefficient (Wildman–Crippen LogP) is 1.79. The van der Waals surface area contributed by atoms with Crippen molar-refractivity contribution in [2.24, 2.45) is 5.92 Å². The van der Waals surface area contributed by atoms with Gasteiger partial charge in [0.25, 0.3) is 0 Å². The van der Waals surface area contributed by atoms with Crippen molar-refractivity contribution >= 4 is 28.4 Å². The quantitative estimate of drug-likeness (QED) is 0.452. The van der Waals surface area contributed by atoms with Crippen LogP contribution >= 0.6 is 22.6 Å². The maximum Gasteiger partial charge on any atom is 0.145 e. The Morgan fingerprint density at radius 2 is 2.38 bits per heavy atom. The third-order valence-corrected chi connectivity index (χ3v) is 3.58. The molecule has 46 valence electrons. The van der Waals surface area contributed by atoms with E-state index >= 15 is 0 Å². The van der Waals surface area contributed by atoms with Crippen LogP contribution in [0.3, 0.4) is 0 Å². The Labute approximate surface area is 63.0 Å². The summed E-state index contributed by atoms with van der Waals surface area (Å²) in [5.41, 5.74) is 0. The lowest BCUT2D eigenvalue weighted by molar-refractivity contribution is -0.116. The van der Waals surface area contributed by atoms with Crippen LogP contribution in [0.1, 0.15) is 19.8 Å². The second kappa shape index (κ2) is 2.33. The molecule has 8 heavy (non-hydrogen) atoms. The zero-order chi connectivity index (χ0) is 6.15. The maximum atomic E-state index is 10.8. The summed E-state index contributed by atoms with van der Waals surface area (Å²) in [5, 5.41) is 0. The largest absolute Gasteiger partial charge is 0.299 e. The Morgan fingerprint density at radius 1 is 1.75 bits per heavy atom. The van der Waals surface area contributed by atoms with Gasteiger partial charge < -0.3 is 0 Å². The molecule has 0 unspecified atom stereocenters. The van der Waals surface area contributed by atoms with E-state index in [0.29, 0.717) is 15.6 Å². The van der Waals surface area contributed by atoms with Crippen LogP contribution in [0.15, 0.2) is 0 Å². The van der Waals surface area contributed by atoms with Gasteiger partial charge in [-0.25, -0.2) is 0 Å². The summed E-state index contributed by atoms with van der Waals surface area (Å²) >= 11 is 2.23. The normalized spacial score (nSPS) is 38.5. The minimum atomic E-state index is 0.313. The molecule has 0 amide bonds. The van der Waals surface area contributed by atoms with Gasteiger partial charge in [0, 0.05) is 6.42 Å². The number of halogens is 1. The van der Waals surface area contributed by atoms with Crippen LogP contribution in [-0.4, -0.2) is 9.71 Å². The number of carbonyl (C=O) groups is 1. The second-order valence-electron chi connectivity index (χ2n) is 2.38. The molecule has 1 aliphatic carbocycles. The first-order valence-electron chi connectivity index (χ1n) is 2.88. The van der Waals surface area contributed by atoms with Gasteiger partial charge in [0.15, 0.2) is 0 Å². The smallest absolute Gasteiger partial charge is 0.145 e. The molecule has 0 heterocycles. The lowest BCUT2D eigenvalue weighted by Crippen LogP contribution is -2.09. The lowest BCUT2D eigenvalue weighted by atomic mass is 10.1. The van der Waals surface area contributed by atoms with Gasteiger partial charge in [-0.2, -0.15) is 0 Å². The number of alkyl halides is 1. The fourth-order valence-electron chi connectivity index (χ4n) is 0.971. The average Bonchev–Trinajstić information content (AvgIpc) is 1.98. The van der Waals surface area contributed by atoms with Crippen LogP contribution in [0.2, 0.25) is 0 Å². The first-order chi connectivity index (χ1) is 3.72. The van der Waals surface area contributed by atoms with E-state index in [4.69, 9.17) is 0 Å². The highest BCUT2D eigenvalue weighted by Crippen LogP contribution is 2.27. The number of hydrogen-bond donors (Lipinski definition) is 0. The number of ketones is 1. The van der Waals surface area contributed by atoms with Crippen LogP contribution in [0.4, 0.5) is 0 Å². The molecule has 1 nitrogen and oxygen atoms in total. The summed E-state index contributed by atoms with van der Waals surface area (Å²) in [6, 6.07) is 0. The predicted molar refractivity (Wildman–Crippen MR) is 41.2 cm³/mol. The van der Waals surface area contributed by atoms with Crippen molar-refractivity contribution in [1.82, 2.24) is 0 Å². The van der Waals surface area contributed by atoms with E-state index in [1.165, 1.54) is 0 Å². The van der Waals surface area contributed by atoms with Crippen molar-refractivity contribution in [3.63, 3.8) is 0 Å². The van der Waals surface area contributed by atoms with Gasteiger partial charge in [-0.1, -0.05) is 29.5 Å². The van der Waals surface area contributed by atoms with Crippen LogP contribution < -0.4 is 0 Å². The van der Waals surface area contributed by atoms with Crippen LogP contribution in [0.5, 0.6) is 0 Å². The van der Waals surface area contributed by atoms with Crippen molar-refractivity contribution in [1.29, 1.82) is 0 Å². The van der Waals surface area contributed by atoms with Gasteiger partial charge in [-0.15, -0.1) is 0 Å². The molecule has 1 rings (SSSR count). The number of rotatable bonds is 0. The second-order valence-corrected chi connectivity index (χ2v) is 3.73. The summed E-state index contributed by atoms with van der Waals surface area (Å²) in [5.74, 6) is 1.07. The van der Waals surface area contributed by atoms with E-state index in [1.54, 1.807) is 0 Å². The van der Waals surface area contributed by atoms with Crippen molar-refractivity contribution in [3.05, 3.63) is 0 Å². The first kappa shape index (κ1) is 6.52. The monoisotopic (exact) mass is 224 g/mol. The number of Topliss-reactive ketones (excluding diaryl/α,β-unsaturated/α-hetero) is 1. The fraction of sp³-hybridized carbons (Fsp3) is 0.833. The average molecular weight is 224 g/mol. The fourth-order valence-corrected chi connectivity index (χ4v) is 1.64. The molecule has 0 radical (unpaired) electrons. The van der Waals surface area contributed by atoms with Gasteiger partial charge in [-0.05, 0) is 12.3 Å². The Hall–Kier alpha value is 0.400. The van der Waals surface area contributed by atoms with Crippen molar-refractivity contribution in [3.8, 4) is 0 Å². The lowest BCUT2D eigenvalue weighted by Gasteiger charge is -2.01. The minimum absolute atomic E-state index is 0.313. The zero-order valence-corrected chi connectivity index (χ0v) is 7.01. The molecule has 0 aliphatic heterocycles. The van der Waals surface area contributed by atoms with E-state index < -0.39 is 0 Å². The summed E-state index contributed by atoms with van der Waals surface area (Å²) in [6.07, 6.45) is 1.92. The van der Waals surface area contributed by atoms with E-state index in [9.17, 15) is 4.79 Å². The van der Waals surface area contributed by atoms with Crippen LogP contribution in [0.25, 0.3) is 0 Å². The van der Waals surface area contributed by atoms with Crippen LogP contribution in [-0.2, 0) is 4.79 Å². The van der Waals surface area contributed by atoms with Crippen LogP contribution in [0, 0.1) is 5.92 Å².